The van der Waals surface area contributed by atoms with E-state index in [4.69, 9.17) is 9.47 Å². The van der Waals surface area contributed by atoms with Gasteiger partial charge in [-0.1, -0.05) is 6.07 Å². The molecule has 2 bridgehead atoms. The van der Waals surface area contributed by atoms with Crippen LogP contribution >= 0.6 is 0 Å². The first kappa shape index (κ1) is 12.9. The molecule has 19 heavy (non-hydrogen) atoms. The fourth-order valence-electron chi connectivity index (χ4n) is 3.33. The van der Waals surface area contributed by atoms with Gasteiger partial charge in [0.05, 0.1) is 19.3 Å². The molecule has 1 aromatic carbocycles. The molecular weight excluding hydrogens is 245 g/mol. The van der Waals surface area contributed by atoms with Gasteiger partial charge in [0.1, 0.15) is 11.6 Å². The number of methoxy groups -OCH3 is 1. The molecule has 4 unspecified atom stereocenters. The summed E-state index contributed by atoms with van der Waals surface area (Å²) in [6.45, 7) is 1.98. The zero-order valence-electron chi connectivity index (χ0n) is 11.4. The average Bonchev–Trinajstić information content (AvgIpc) is 3.00. The molecule has 104 valence electrons. The molecule has 3 nitrogen and oxygen atoms in total. The summed E-state index contributed by atoms with van der Waals surface area (Å²) in [7, 11) is 1.58. The first-order valence-corrected chi connectivity index (χ1v) is 6.93. The molecular formula is C15H20FNO2. The molecule has 2 heterocycles. The van der Waals surface area contributed by atoms with E-state index in [1.165, 1.54) is 12.5 Å². The van der Waals surface area contributed by atoms with Gasteiger partial charge in [0, 0.05) is 17.6 Å². The average molecular weight is 265 g/mol. The van der Waals surface area contributed by atoms with E-state index in [1.807, 2.05) is 6.92 Å². The zero-order valence-corrected chi connectivity index (χ0v) is 11.4. The van der Waals surface area contributed by atoms with Crippen molar-refractivity contribution >= 4 is 0 Å². The first-order chi connectivity index (χ1) is 9.19. The largest absolute Gasteiger partial charge is 0.496 e. The molecule has 0 spiro atoms. The number of benzene rings is 1. The molecule has 0 aliphatic carbocycles. The molecule has 4 heteroatoms. The highest BCUT2D eigenvalue weighted by atomic mass is 19.1. The lowest BCUT2D eigenvalue weighted by atomic mass is 9.94. The van der Waals surface area contributed by atoms with Crippen LogP contribution in [0.5, 0.6) is 5.75 Å². The van der Waals surface area contributed by atoms with Gasteiger partial charge in [0.2, 0.25) is 0 Å². The Morgan fingerprint density at radius 3 is 2.89 bits per heavy atom. The van der Waals surface area contributed by atoms with Crippen molar-refractivity contribution in [1.82, 2.24) is 5.32 Å². The van der Waals surface area contributed by atoms with Gasteiger partial charge in [-0.3, -0.25) is 0 Å². The summed E-state index contributed by atoms with van der Waals surface area (Å²) in [4.78, 5) is 0. The van der Waals surface area contributed by atoms with E-state index in [2.05, 4.69) is 5.32 Å². The summed E-state index contributed by atoms with van der Waals surface area (Å²) in [6.07, 6.45) is 4.01. The molecule has 2 fully saturated rings. The summed E-state index contributed by atoms with van der Waals surface area (Å²) in [5.41, 5.74) is 0.604. The molecule has 0 aromatic heterocycles. The Labute approximate surface area is 113 Å². The maximum atomic E-state index is 14.0. The molecule has 0 saturated carbocycles. The molecule has 1 aromatic rings. The first-order valence-electron chi connectivity index (χ1n) is 6.93. The van der Waals surface area contributed by atoms with Crippen molar-refractivity contribution in [3.63, 3.8) is 0 Å². The lowest BCUT2D eigenvalue weighted by molar-refractivity contribution is 0.0961. The van der Waals surface area contributed by atoms with Gasteiger partial charge < -0.3 is 14.8 Å². The summed E-state index contributed by atoms with van der Waals surface area (Å²) in [6, 6.07) is 5.20. The number of halogens is 1. The van der Waals surface area contributed by atoms with Gasteiger partial charge in [-0.25, -0.2) is 4.39 Å². The van der Waals surface area contributed by atoms with Crippen LogP contribution in [0, 0.1) is 5.82 Å². The SMILES string of the molecule is COc1cccc(F)c1C(C)NC1CC2CCC1O2. The van der Waals surface area contributed by atoms with Crippen LogP contribution in [-0.4, -0.2) is 25.4 Å². The van der Waals surface area contributed by atoms with Crippen LogP contribution in [0.25, 0.3) is 0 Å². The van der Waals surface area contributed by atoms with E-state index < -0.39 is 0 Å². The highest BCUT2D eigenvalue weighted by Crippen LogP contribution is 2.36. The number of fused-ring (bicyclic) bond motifs is 2. The number of hydrogen-bond acceptors (Lipinski definition) is 3. The van der Waals surface area contributed by atoms with Crippen LogP contribution in [-0.2, 0) is 4.74 Å². The number of nitrogens with one attached hydrogen (secondary N) is 1. The second-order valence-corrected chi connectivity index (χ2v) is 5.46. The highest BCUT2D eigenvalue weighted by molar-refractivity contribution is 5.37. The van der Waals surface area contributed by atoms with E-state index in [9.17, 15) is 4.39 Å². The fraction of sp³-hybridized carbons (Fsp3) is 0.600. The lowest BCUT2D eigenvalue weighted by Gasteiger charge is -2.26. The fourth-order valence-corrected chi connectivity index (χ4v) is 3.33. The third kappa shape index (κ3) is 2.35. The molecule has 4 atom stereocenters. The molecule has 1 N–H and O–H groups in total. The second kappa shape index (κ2) is 5.10. The predicted molar refractivity (Wildman–Crippen MR) is 70.8 cm³/mol. The zero-order chi connectivity index (χ0) is 13.4. The Bertz CT molecular complexity index is 465. The van der Waals surface area contributed by atoms with E-state index in [0.29, 0.717) is 29.6 Å². The number of ether oxygens (including phenoxy) is 2. The van der Waals surface area contributed by atoms with Crippen LogP contribution in [0.2, 0.25) is 0 Å². The topological polar surface area (TPSA) is 30.5 Å². The van der Waals surface area contributed by atoms with Crippen LogP contribution in [0.4, 0.5) is 4.39 Å². The maximum Gasteiger partial charge on any atom is 0.131 e. The smallest absolute Gasteiger partial charge is 0.131 e. The minimum absolute atomic E-state index is 0.0795. The molecule has 2 aliphatic rings. The van der Waals surface area contributed by atoms with Gasteiger partial charge in [-0.2, -0.15) is 0 Å². The summed E-state index contributed by atoms with van der Waals surface area (Å²) in [5.74, 6) is 0.382. The molecule has 2 aliphatic heterocycles. The lowest BCUT2D eigenvalue weighted by Crippen LogP contribution is -2.39. The van der Waals surface area contributed by atoms with Gasteiger partial charge in [-0.05, 0) is 38.3 Å². The van der Waals surface area contributed by atoms with Crippen LogP contribution in [0.1, 0.15) is 37.8 Å². The minimum Gasteiger partial charge on any atom is -0.496 e. The standard InChI is InChI=1S/C15H20FNO2/c1-9(15-11(16)4-3-5-14(15)18-2)17-12-8-10-6-7-13(12)19-10/h3-5,9-10,12-13,17H,6-8H2,1-2H3. The van der Waals surface area contributed by atoms with Crippen molar-refractivity contribution in [2.45, 2.75) is 50.5 Å². The van der Waals surface area contributed by atoms with E-state index >= 15 is 0 Å². The van der Waals surface area contributed by atoms with Gasteiger partial charge in [-0.15, -0.1) is 0 Å². The summed E-state index contributed by atoms with van der Waals surface area (Å²) < 4.78 is 25.1. The Morgan fingerprint density at radius 1 is 1.42 bits per heavy atom. The van der Waals surface area contributed by atoms with Crippen molar-refractivity contribution in [1.29, 1.82) is 0 Å². The van der Waals surface area contributed by atoms with Gasteiger partial charge in [0.15, 0.2) is 0 Å². The Balaban J connectivity index is 1.75. The molecule has 0 amide bonds. The summed E-state index contributed by atoms with van der Waals surface area (Å²) >= 11 is 0. The normalized spacial score (nSPS) is 30.6. The molecule has 3 rings (SSSR count). The van der Waals surface area contributed by atoms with Crippen molar-refractivity contribution < 1.29 is 13.9 Å². The molecule has 0 radical (unpaired) electrons. The Hall–Kier alpha value is -1.13. The highest BCUT2D eigenvalue weighted by Gasteiger charge is 2.41. The van der Waals surface area contributed by atoms with E-state index in [1.54, 1.807) is 19.2 Å². The minimum atomic E-state index is -0.219. The van der Waals surface area contributed by atoms with Crippen LogP contribution in [0.3, 0.4) is 0 Å². The number of hydrogen-bond donors (Lipinski definition) is 1. The van der Waals surface area contributed by atoms with Crippen molar-refractivity contribution in [2.24, 2.45) is 0 Å². The van der Waals surface area contributed by atoms with Crippen LogP contribution in [0.15, 0.2) is 18.2 Å². The monoisotopic (exact) mass is 265 g/mol. The van der Waals surface area contributed by atoms with Crippen molar-refractivity contribution in [3.05, 3.63) is 29.6 Å². The second-order valence-electron chi connectivity index (χ2n) is 5.46. The van der Waals surface area contributed by atoms with Gasteiger partial charge in [0.25, 0.3) is 0 Å². The summed E-state index contributed by atoms with van der Waals surface area (Å²) in [5, 5.41) is 3.50. The Kier molecular flexibility index (Phi) is 3.46. The predicted octanol–water partition coefficient (Wildman–Crippen LogP) is 2.80. The molecule has 2 saturated heterocycles. The van der Waals surface area contributed by atoms with E-state index in [0.717, 1.165) is 12.8 Å². The third-order valence-electron chi connectivity index (χ3n) is 4.24. The van der Waals surface area contributed by atoms with Crippen LogP contribution < -0.4 is 10.1 Å². The van der Waals surface area contributed by atoms with Crippen molar-refractivity contribution in [2.75, 3.05) is 7.11 Å². The third-order valence-corrected chi connectivity index (χ3v) is 4.24. The quantitative estimate of drug-likeness (QED) is 0.908. The van der Waals surface area contributed by atoms with Gasteiger partial charge >= 0.3 is 0 Å². The van der Waals surface area contributed by atoms with Crippen molar-refractivity contribution in [3.8, 4) is 5.75 Å². The van der Waals surface area contributed by atoms with E-state index in [-0.39, 0.29) is 11.9 Å². The maximum absolute atomic E-state index is 14.0. The number of rotatable bonds is 4. The Morgan fingerprint density at radius 2 is 2.26 bits per heavy atom.